The largest absolute Gasteiger partial charge is 0.477 e. The Morgan fingerprint density at radius 1 is 0.978 bits per heavy atom. The number of carboxylic acids is 1. The van der Waals surface area contributed by atoms with Crippen LogP contribution in [0, 0.1) is 17.8 Å². The SMILES string of the molecule is C=C(C)c1cc2nc(C3CCC(C)(C)CC3)cc(C(C)(C)C)c2o1.CCC(=O)C(C)(C)C.CCCC.Cc1cccc(C(=O)O)n1. The molecule has 3 heterocycles. The van der Waals surface area contributed by atoms with Gasteiger partial charge in [0.25, 0.3) is 0 Å². The van der Waals surface area contributed by atoms with Gasteiger partial charge in [0.1, 0.15) is 22.8 Å². The van der Waals surface area contributed by atoms with Gasteiger partial charge in [-0.15, -0.1) is 0 Å². The van der Waals surface area contributed by atoms with Crippen molar-refractivity contribution in [1.82, 2.24) is 9.97 Å². The number of fused-ring (bicyclic) bond motifs is 1. The van der Waals surface area contributed by atoms with Gasteiger partial charge < -0.3 is 9.52 Å². The highest BCUT2D eigenvalue weighted by molar-refractivity contribution is 5.85. The number of furan rings is 1. The third kappa shape index (κ3) is 13.2. The highest BCUT2D eigenvalue weighted by atomic mass is 16.4. The van der Waals surface area contributed by atoms with E-state index in [1.54, 1.807) is 19.1 Å². The Hall–Kier alpha value is -3.28. The van der Waals surface area contributed by atoms with Gasteiger partial charge in [-0.2, -0.15) is 0 Å². The van der Waals surface area contributed by atoms with Gasteiger partial charge in [-0.05, 0) is 74.1 Å². The summed E-state index contributed by atoms with van der Waals surface area (Å²) >= 11 is 0. The number of hydrogen-bond acceptors (Lipinski definition) is 5. The number of allylic oxidation sites excluding steroid dienone is 1. The van der Waals surface area contributed by atoms with Crippen molar-refractivity contribution in [3.8, 4) is 0 Å². The number of carbonyl (C=O) groups is 2. The predicted octanol–water partition coefficient (Wildman–Crippen LogP) is 11.7. The quantitative estimate of drug-likeness (QED) is 0.300. The normalized spacial score (nSPS) is 14.5. The number of hydrogen-bond donors (Lipinski definition) is 1. The molecule has 1 fully saturated rings. The van der Waals surface area contributed by atoms with E-state index in [0.29, 0.717) is 23.5 Å². The summed E-state index contributed by atoms with van der Waals surface area (Å²) in [4.78, 5) is 29.9. The molecule has 0 spiro atoms. The molecule has 46 heavy (non-hydrogen) atoms. The van der Waals surface area contributed by atoms with Crippen molar-refractivity contribution < 1.29 is 19.1 Å². The van der Waals surface area contributed by atoms with Crippen LogP contribution in [0.4, 0.5) is 0 Å². The lowest BCUT2D eigenvalue weighted by Crippen LogP contribution is -2.21. The van der Waals surface area contributed by atoms with E-state index in [1.165, 1.54) is 55.8 Å². The Morgan fingerprint density at radius 3 is 1.91 bits per heavy atom. The van der Waals surface area contributed by atoms with E-state index >= 15 is 0 Å². The van der Waals surface area contributed by atoms with Crippen LogP contribution in [0.5, 0.6) is 0 Å². The zero-order chi connectivity index (χ0) is 35.5. The maximum atomic E-state index is 10.8. The van der Waals surface area contributed by atoms with E-state index in [-0.39, 0.29) is 16.5 Å². The summed E-state index contributed by atoms with van der Waals surface area (Å²) in [5, 5.41) is 8.45. The lowest BCUT2D eigenvalue weighted by atomic mass is 9.72. The topological polar surface area (TPSA) is 93.3 Å². The number of nitrogens with zero attached hydrogens (tertiary/aromatic N) is 2. The van der Waals surface area contributed by atoms with E-state index in [4.69, 9.17) is 14.5 Å². The highest BCUT2D eigenvalue weighted by Crippen LogP contribution is 2.43. The Labute approximate surface area is 279 Å². The van der Waals surface area contributed by atoms with Gasteiger partial charge in [-0.25, -0.2) is 14.8 Å². The number of ketones is 1. The molecule has 0 saturated heterocycles. The third-order valence-electron chi connectivity index (χ3n) is 8.25. The molecule has 0 atom stereocenters. The summed E-state index contributed by atoms with van der Waals surface area (Å²) in [6.45, 7) is 31.4. The zero-order valence-corrected chi connectivity index (χ0v) is 31.2. The number of rotatable bonds is 5. The summed E-state index contributed by atoms with van der Waals surface area (Å²) in [7, 11) is 0. The lowest BCUT2D eigenvalue weighted by Gasteiger charge is -2.34. The van der Waals surface area contributed by atoms with Crippen LogP contribution in [0.3, 0.4) is 0 Å². The van der Waals surface area contributed by atoms with Crippen LogP contribution in [0.2, 0.25) is 0 Å². The highest BCUT2D eigenvalue weighted by Gasteiger charge is 2.30. The van der Waals surface area contributed by atoms with Gasteiger partial charge in [-0.3, -0.25) is 4.79 Å². The van der Waals surface area contributed by atoms with E-state index < -0.39 is 5.97 Å². The summed E-state index contributed by atoms with van der Waals surface area (Å²) < 4.78 is 6.10. The predicted molar refractivity (Wildman–Crippen MR) is 194 cm³/mol. The van der Waals surface area contributed by atoms with Gasteiger partial charge in [0, 0.05) is 40.8 Å². The molecule has 0 amide bonds. The minimum atomic E-state index is -0.983. The Morgan fingerprint density at radius 2 is 1.54 bits per heavy atom. The molecule has 0 aromatic carbocycles. The van der Waals surface area contributed by atoms with Crippen LogP contribution in [-0.2, 0) is 10.2 Å². The van der Waals surface area contributed by atoms with Crippen molar-refractivity contribution in [3.05, 3.63) is 65.3 Å². The standard InChI is InChI=1S/C22H31NO.C7H7NO2.C7H14O.C4H10/c1-14(2)19-13-18-20(24-19)16(21(3,4)5)12-17(23-18)15-8-10-22(6,7)11-9-15;1-5-3-2-4-6(8-5)7(9)10;1-5-6(8)7(2,3)4;1-3-4-2/h12-13,15H,1,8-11H2,2-7H3;2-4H,1H3,(H,9,10);5H2,1-4H3;3-4H2,1-2H3. The fraction of sp³-hybridized carbons (Fsp3) is 0.600. The summed E-state index contributed by atoms with van der Waals surface area (Å²) in [6, 6.07) is 9.26. The van der Waals surface area contributed by atoms with Crippen molar-refractivity contribution in [1.29, 1.82) is 0 Å². The second-order valence-electron chi connectivity index (χ2n) is 15.4. The molecule has 1 N–H and O–H groups in total. The molecule has 0 aliphatic heterocycles. The monoisotopic (exact) mass is 634 g/mol. The fourth-order valence-electron chi connectivity index (χ4n) is 4.91. The summed E-state index contributed by atoms with van der Waals surface area (Å²) in [5.41, 5.74) is 6.59. The second kappa shape index (κ2) is 17.6. The van der Waals surface area contributed by atoms with E-state index in [9.17, 15) is 9.59 Å². The lowest BCUT2D eigenvalue weighted by molar-refractivity contribution is -0.125. The van der Waals surface area contributed by atoms with Gasteiger partial charge >= 0.3 is 5.97 Å². The molecule has 1 aliphatic rings. The van der Waals surface area contributed by atoms with Crippen molar-refractivity contribution in [2.75, 3.05) is 0 Å². The molecule has 0 bridgehead atoms. The number of carbonyl (C=O) groups excluding carboxylic acids is 1. The molecule has 1 saturated carbocycles. The average Bonchev–Trinajstić information content (AvgIpc) is 3.41. The maximum Gasteiger partial charge on any atom is 0.354 e. The fourth-order valence-corrected chi connectivity index (χ4v) is 4.91. The second-order valence-corrected chi connectivity index (χ2v) is 15.4. The minimum Gasteiger partial charge on any atom is -0.477 e. The van der Waals surface area contributed by atoms with Crippen molar-refractivity contribution >= 4 is 28.4 Å². The van der Waals surface area contributed by atoms with Crippen LogP contribution in [0.15, 0.2) is 41.3 Å². The molecule has 3 aromatic rings. The van der Waals surface area contributed by atoms with Gasteiger partial charge in [0.15, 0.2) is 5.58 Å². The summed E-state index contributed by atoms with van der Waals surface area (Å²) in [6.07, 6.45) is 8.33. The van der Waals surface area contributed by atoms with Crippen molar-refractivity contribution in [2.24, 2.45) is 10.8 Å². The van der Waals surface area contributed by atoms with Crippen LogP contribution in [0.25, 0.3) is 16.7 Å². The number of pyridine rings is 2. The molecule has 6 heteroatoms. The van der Waals surface area contributed by atoms with Crippen molar-refractivity contribution in [3.63, 3.8) is 0 Å². The Kier molecular flexibility index (Phi) is 15.6. The average molecular weight is 635 g/mol. The first-order valence-electron chi connectivity index (χ1n) is 17.0. The number of aromatic nitrogens is 2. The molecule has 1 aliphatic carbocycles. The first-order valence-corrected chi connectivity index (χ1v) is 17.0. The molecule has 4 rings (SSSR count). The molecule has 256 valence electrons. The van der Waals surface area contributed by atoms with Crippen LogP contribution in [-0.4, -0.2) is 26.8 Å². The molecular weight excluding hydrogens is 572 g/mol. The molecule has 6 nitrogen and oxygen atoms in total. The Bertz CT molecular complexity index is 1420. The van der Waals surface area contributed by atoms with Crippen LogP contribution < -0.4 is 0 Å². The smallest absolute Gasteiger partial charge is 0.354 e. The third-order valence-corrected chi connectivity index (χ3v) is 8.25. The van der Waals surface area contributed by atoms with Crippen LogP contribution in [0.1, 0.15) is 167 Å². The number of carboxylic acid groups (broad SMARTS) is 1. The maximum absolute atomic E-state index is 10.8. The number of unbranched alkanes of at least 4 members (excludes halogenated alkanes) is 1. The van der Waals surface area contributed by atoms with Gasteiger partial charge in [-0.1, -0.05) is 102 Å². The Balaban J connectivity index is 0.000000395. The first kappa shape index (κ1) is 40.7. The van der Waals surface area contributed by atoms with Crippen molar-refractivity contribution in [2.45, 2.75) is 146 Å². The summed E-state index contributed by atoms with van der Waals surface area (Å²) in [5.74, 6) is 0.776. The molecule has 3 aromatic heterocycles. The van der Waals surface area contributed by atoms with E-state index in [0.717, 1.165) is 28.1 Å². The van der Waals surface area contributed by atoms with Crippen LogP contribution >= 0.6 is 0 Å². The number of Topliss-reactive ketones (excluding diaryl/α,β-unsaturated/α-hetero) is 1. The number of aromatic carboxylic acids is 1. The van der Waals surface area contributed by atoms with E-state index in [2.05, 4.69) is 72.2 Å². The molecule has 0 radical (unpaired) electrons. The zero-order valence-electron chi connectivity index (χ0n) is 31.2. The first-order chi connectivity index (χ1) is 21.2. The minimum absolute atomic E-state index is 0.0358. The molecule has 0 unspecified atom stereocenters. The molecular formula is C40H62N2O4. The van der Waals surface area contributed by atoms with Gasteiger partial charge in [0.2, 0.25) is 0 Å². The number of aryl methyl sites for hydroxylation is 1. The van der Waals surface area contributed by atoms with Gasteiger partial charge in [0.05, 0.1) is 0 Å². The van der Waals surface area contributed by atoms with E-state index in [1.807, 2.05) is 34.6 Å².